The number of amides is 1. The average Bonchev–Trinajstić information content (AvgIpc) is 2.53. The van der Waals surface area contributed by atoms with Crippen molar-refractivity contribution in [3.63, 3.8) is 0 Å². The van der Waals surface area contributed by atoms with E-state index in [4.69, 9.17) is 27.9 Å². The molecule has 8 heteroatoms. The highest BCUT2D eigenvalue weighted by atomic mass is 35.5. The van der Waals surface area contributed by atoms with Crippen LogP contribution in [-0.4, -0.2) is 18.5 Å². The van der Waals surface area contributed by atoms with Crippen molar-refractivity contribution in [2.24, 2.45) is 0 Å². The summed E-state index contributed by atoms with van der Waals surface area (Å²) in [5, 5.41) is 2.58. The van der Waals surface area contributed by atoms with Crippen LogP contribution in [0.4, 0.5) is 14.5 Å². The molecule has 0 bridgehead atoms. The molecular formula is C16H11Cl2F2NO3. The summed E-state index contributed by atoms with van der Waals surface area (Å²) >= 11 is 11.8. The lowest BCUT2D eigenvalue weighted by Crippen LogP contribution is -2.22. The molecule has 0 unspecified atom stereocenters. The van der Waals surface area contributed by atoms with Gasteiger partial charge >= 0.3 is 5.97 Å². The third kappa shape index (κ3) is 4.66. The Morgan fingerprint density at radius 3 is 2.12 bits per heavy atom. The fourth-order valence-corrected chi connectivity index (χ4v) is 2.37. The SMILES string of the molecule is O=C(COC(=O)Cc1c(Cl)cccc1Cl)Nc1c(F)cccc1F. The Balaban J connectivity index is 1.91. The summed E-state index contributed by atoms with van der Waals surface area (Å²) in [5.74, 6) is -3.50. The molecule has 0 saturated heterocycles. The van der Waals surface area contributed by atoms with Gasteiger partial charge in [0.05, 0.1) is 6.42 Å². The number of nitrogens with one attached hydrogen (secondary N) is 1. The van der Waals surface area contributed by atoms with Gasteiger partial charge in [-0.2, -0.15) is 0 Å². The van der Waals surface area contributed by atoms with E-state index < -0.39 is 35.8 Å². The van der Waals surface area contributed by atoms with Gasteiger partial charge in [-0.1, -0.05) is 35.3 Å². The van der Waals surface area contributed by atoms with Crippen molar-refractivity contribution >= 4 is 40.8 Å². The van der Waals surface area contributed by atoms with Crippen molar-refractivity contribution in [3.8, 4) is 0 Å². The lowest BCUT2D eigenvalue weighted by molar-refractivity contribution is -0.146. The van der Waals surface area contributed by atoms with Crippen molar-refractivity contribution in [2.75, 3.05) is 11.9 Å². The van der Waals surface area contributed by atoms with Crippen LogP contribution >= 0.6 is 23.2 Å². The average molecular weight is 374 g/mol. The first-order valence-corrected chi connectivity index (χ1v) is 7.46. The summed E-state index contributed by atoms with van der Waals surface area (Å²) in [4.78, 5) is 23.4. The number of carbonyl (C=O) groups excluding carboxylic acids is 2. The lowest BCUT2D eigenvalue weighted by Gasteiger charge is -2.09. The number of ether oxygens (including phenoxy) is 1. The molecule has 126 valence electrons. The van der Waals surface area contributed by atoms with Gasteiger partial charge < -0.3 is 10.1 Å². The van der Waals surface area contributed by atoms with Gasteiger partial charge in [-0.15, -0.1) is 0 Å². The number of carbonyl (C=O) groups is 2. The minimum absolute atomic E-state index is 0.236. The van der Waals surface area contributed by atoms with E-state index in [0.29, 0.717) is 5.56 Å². The first kappa shape index (κ1) is 18.2. The van der Waals surface area contributed by atoms with Crippen LogP contribution in [0.3, 0.4) is 0 Å². The molecule has 0 fully saturated rings. The molecule has 0 aliphatic rings. The molecular weight excluding hydrogens is 363 g/mol. The second kappa shape index (κ2) is 8.08. The highest BCUT2D eigenvalue weighted by Gasteiger charge is 2.15. The van der Waals surface area contributed by atoms with Gasteiger partial charge in [0.1, 0.15) is 17.3 Å². The van der Waals surface area contributed by atoms with Gasteiger partial charge in [0.25, 0.3) is 5.91 Å². The molecule has 0 aromatic heterocycles. The molecule has 0 heterocycles. The van der Waals surface area contributed by atoms with Gasteiger partial charge in [0.15, 0.2) is 6.61 Å². The van der Waals surface area contributed by atoms with Gasteiger partial charge in [-0.25, -0.2) is 8.78 Å². The van der Waals surface area contributed by atoms with E-state index in [1.54, 1.807) is 18.2 Å². The van der Waals surface area contributed by atoms with Crippen LogP contribution in [0.15, 0.2) is 36.4 Å². The standard InChI is InChI=1S/C16H11Cl2F2NO3/c17-10-3-1-4-11(18)9(10)7-15(23)24-8-14(22)21-16-12(19)5-2-6-13(16)20/h1-6H,7-8H2,(H,21,22). The summed E-state index contributed by atoms with van der Waals surface area (Å²) < 4.78 is 31.5. The Hall–Kier alpha value is -2.18. The summed E-state index contributed by atoms with van der Waals surface area (Å²) in [6.45, 7) is -0.700. The van der Waals surface area contributed by atoms with Crippen LogP contribution in [0.5, 0.6) is 0 Å². The summed E-state index contributed by atoms with van der Waals surface area (Å²) in [6.07, 6.45) is -0.236. The molecule has 1 amide bonds. The quantitative estimate of drug-likeness (QED) is 0.806. The molecule has 0 aliphatic carbocycles. The molecule has 24 heavy (non-hydrogen) atoms. The first-order chi connectivity index (χ1) is 11.4. The molecule has 4 nitrogen and oxygen atoms in total. The highest BCUT2D eigenvalue weighted by molar-refractivity contribution is 6.36. The number of halogens is 4. The molecule has 2 aromatic rings. The number of hydrogen-bond acceptors (Lipinski definition) is 3. The van der Waals surface area contributed by atoms with Crippen molar-refractivity contribution in [1.82, 2.24) is 0 Å². The third-order valence-corrected chi connectivity index (χ3v) is 3.68. The largest absolute Gasteiger partial charge is 0.455 e. The third-order valence-electron chi connectivity index (χ3n) is 2.97. The van der Waals surface area contributed by atoms with Gasteiger partial charge in [0.2, 0.25) is 0 Å². The second-order valence-corrected chi connectivity index (χ2v) is 5.50. The molecule has 0 aliphatic heterocycles. The maximum atomic E-state index is 13.4. The molecule has 2 aromatic carbocycles. The normalized spacial score (nSPS) is 10.3. The summed E-state index contributed by atoms with van der Waals surface area (Å²) in [7, 11) is 0. The minimum Gasteiger partial charge on any atom is -0.455 e. The van der Waals surface area contributed by atoms with Crippen molar-refractivity contribution in [2.45, 2.75) is 6.42 Å². The zero-order valence-corrected chi connectivity index (χ0v) is 13.6. The number of para-hydroxylation sites is 1. The van der Waals surface area contributed by atoms with Crippen LogP contribution in [0, 0.1) is 11.6 Å². The Labute approximate surface area is 146 Å². The van der Waals surface area contributed by atoms with Gasteiger partial charge in [0, 0.05) is 15.6 Å². The van der Waals surface area contributed by atoms with E-state index in [1.165, 1.54) is 0 Å². The maximum absolute atomic E-state index is 13.4. The predicted octanol–water partition coefficient (Wildman–Crippen LogP) is 4.00. The zero-order chi connectivity index (χ0) is 17.7. The summed E-state index contributed by atoms with van der Waals surface area (Å²) in [5.41, 5.74) is -0.237. The van der Waals surface area contributed by atoms with Gasteiger partial charge in [-0.05, 0) is 24.3 Å². The number of benzene rings is 2. The molecule has 2 rings (SSSR count). The Kier molecular flexibility index (Phi) is 6.11. The molecule has 1 N–H and O–H groups in total. The zero-order valence-electron chi connectivity index (χ0n) is 12.1. The molecule has 0 radical (unpaired) electrons. The van der Waals surface area contributed by atoms with E-state index >= 15 is 0 Å². The highest BCUT2D eigenvalue weighted by Crippen LogP contribution is 2.25. The number of esters is 1. The summed E-state index contributed by atoms with van der Waals surface area (Å²) in [6, 6.07) is 7.88. The topological polar surface area (TPSA) is 55.4 Å². The fraction of sp³-hybridized carbons (Fsp3) is 0.125. The second-order valence-electron chi connectivity index (χ2n) is 4.68. The van der Waals surface area contributed by atoms with Crippen molar-refractivity contribution in [1.29, 1.82) is 0 Å². The van der Waals surface area contributed by atoms with E-state index in [-0.39, 0.29) is 16.5 Å². The minimum atomic E-state index is -0.933. The Morgan fingerprint density at radius 2 is 1.54 bits per heavy atom. The lowest BCUT2D eigenvalue weighted by atomic mass is 10.1. The van der Waals surface area contributed by atoms with Crippen LogP contribution in [0.2, 0.25) is 10.0 Å². The van der Waals surface area contributed by atoms with Crippen LogP contribution in [0.1, 0.15) is 5.56 Å². The van der Waals surface area contributed by atoms with E-state index in [2.05, 4.69) is 0 Å². The van der Waals surface area contributed by atoms with Crippen molar-refractivity contribution < 1.29 is 23.1 Å². The monoisotopic (exact) mass is 373 g/mol. The fourth-order valence-electron chi connectivity index (χ4n) is 1.84. The first-order valence-electron chi connectivity index (χ1n) is 6.71. The van der Waals surface area contributed by atoms with E-state index in [0.717, 1.165) is 18.2 Å². The van der Waals surface area contributed by atoms with E-state index in [1.807, 2.05) is 5.32 Å². The maximum Gasteiger partial charge on any atom is 0.310 e. The van der Waals surface area contributed by atoms with E-state index in [9.17, 15) is 18.4 Å². The molecule has 0 saturated carbocycles. The van der Waals surface area contributed by atoms with Crippen LogP contribution in [-0.2, 0) is 20.7 Å². The van der Waals surface area contributed by atoms with Crippen LogP contribution in [0.25, 0.3) is 0 Å². The Bertz CT molecular complexity index is 678. The smallest absolute Gasteiger partial charge is 0.310 e. The molecule has 0 spiro atoms. The molecule has 0 atom stereocenters. The van der Waals surface area contributed by atoms with Gasteiger partial charge in [-0.3, -0.25) is 9.59 Å². The number of hydrogen-bond donors (Lipinski definition) is 1. The van der Waals surface area contributed by atoms with Crippen LogP contribution < -0.4 is 5.32 Å². The Morgan fingerprint density at radius 1 is 1.00 bits per heavy atom. The number of rotatable bonds is 5. The number of anilines is 1. The predicted molar refractivity (Wildman–Crippen MR) is 86.1 cm³/mol. The van der Waals surface area contributed by atoms with Crippen molar-refractivity contribution in [3.05, 3.63) is 63.6 Å².